The fraction of sp³-hybridized carbons (Fsp3) is 0.222. The molecule has 0 aliphatic carbocycles. The zero-order valence-corrected chi connectivity index (χ0v) is 9.39. The van der Waals surface area contributed by atoms with Gasteiger partial charge in [-0.2, -0.15) is 13.2 Å². The van der Waals surface area contributed by atoms with E-state index in [-0.39, 0.29) is 16.6 Å². The Morgan fingerprint density at radius 3 is 2.50 bits per heavy atom. The number of benzene rings is 1. The van der Waals surface area contributed by atoms with E-state index >= 15 is 0 Å². The highest BCUT2D eigenvalue weighted by molar-refractivity contribution is 9.08. The minimum Gasteiger partial charge on any atom is -0.465 e. The highest BCUT2D eigenvalue weighted by atomic mass is 79.9. The van der Waals surface area contributed by atoms with Crippen molar-refractivity contribution in [3.63, 3.8) is 0 Å². The van der Waals surface area contributed by atoms with E-state index in [9.17, 15) is 18.0 Å². The summed E-state index contributed by atoms with van der Waals surface area (Å²) >= 11 is 2.94. The van der Waals surface area contributed by atoms with Crippen LogP contribution in [0.25, 0.3) is 0 Å². The van der Waals surface area contributed by atoms with Crippen molar-refractivity contribution >= 4 is 27.7 Å². The van der Waals surface area contributed by atoms with Gasteiger partial charge < -0.3 is 5.11 Å². The molecule has 0 heterocycles. The highest BCUT2D eigenvalue weighted by Crippen LogP contribution is 2.34. The molecule has 1 amide bonds. The summed E-state index contributed by atoms with van der Waals surface area (Å²) in [5.74, 6) is 0. The van der Waals surface area contributed by atoms with E-state index in [2.05, 4.69) is 15.9 Å². The van der Waals surface area contributed by atoms with Crippen LogP contribution in [0.5, 0.6) is 0 Å². The molecule has 0 aromatic heterocycles. The zero-order valence-electron chi connectivity index (χ0n) is 7.81. The highest BCUT2D eigenvalue weighted by Gasteiger charge is 2.33. The predicted molar refractivity (Wildman–Crippen MR) is 55.7 cm³/mol. The van der Waals surface area contributed by atoms with Crippen LogP contribution in [0.1, 0.15) is 11.1 Å². The average Bonchev–Trinajstić information content (AvgIpc) is 2.15. The molecule has 0 radical (unpaired) electrons. The van der Waals surface area contributed by atoms with E-state index in [1.54, 1.807) is 0 Å². The zero-order chi connectivity index (χ0) is 12.3. The van der Waals surface area contributed by atoms with Crippen molar-refractivity contribution in [2.75, 3.05) is 5.32 Å². The van der Waals surface area contributed by atoms with Gasteiger partial charge >= 0.3 is 12.3 Å². The van der Waals surface area contributed by atoms with Gasteiger partial charge in [0.05, 0.1) is 5.56 Å². The van der Waals surface area contributed by atoms with Crippen LogP contribution >= 0.6 is 15.9 Å². The van der Waals surface area contributed by atoms with Crippen LogP contribution in [0.15, 0.2) is 18.2 Å². The molecular formula is C9H7BrF3NO2. The Bertz CT molecular complexity index is 406. The molecule has 0 saturated carbocycles. The maximum Gasteiger partial charge on any atom is 0.416 e. The van der Waals surface area contributed by atoms with Gasteiger partial charge in [0, 0.05) is 11.0 Å². The predicted octanol–water partition coefficient (Wildman–Crippen LogP) is 3.69. The van der Waals surface area contributed by atoms with Crippen molar-refractivity contribution in [2.24, 2.45) is 0 Å². The molecule has 0 atom stereocenters. The van der Waals surface area contributed by atoms with Gasteiger partial charge in [0.15, 0.2) is 0 Å². The molecule has 0 aliphatic rings. The normalized spacial score (nSPS) is 11.2. The number of nitrogens with one attached hydrogen (secondary N) is 1. The van der Waals surface area contributed by atoms with Crippen LogP contribution in [0.4, 0.5) is 23.7 Å². The Morgan fingerprint density at radius 1 is 1.44 bits per heavy atom. The number of carbonyl (C=O) groups is 1. The Hall–Kier alpha value is -1.24. The second-order valence-corrected chi connectivity index (χ2v) is 3.49. The number of carboxylic acid groups (broad SMARTS) is 1. The maximum atomic E-state index is 12.6. The minimum absolute atomic E-state index is 0.0508. The van der Waals surface area contributed by atoms with Crippen LogP contribution in [0.2, 0.25) is 0 Å². The lowest BCUT2D eigenvalue weighted by atomic mass is 10.1. The molecule has 0 spiro atoms. The number of amides is 1. The summed E-state index contributed by atoms with van der Waals surface area (Å²) < 4.78 is 37.7. The van der Waals surface area contributed by atoms with Gasteiger partial charge in [0.2, 0.25) is 0 Å². The second-order valence-electron chi connectivity index (χ2n) is 2.93. The molecule has 1 aromatic rings. The van der Waals surface area contributed by atoms with Crippen molar-refractivity contribution < 1.29 is 23.1 Å². The maximum absolute atomic E-state index is 12.6. The number of rotatable bonds is 2. The minimum atomic E-state index is -4.50. The number of hydrogen-bond donors (Lipinski definition) is 2. The van der Waals surface area contributed by atoms with Gasteiger partial charge in [-0.05, 0) is 17.7 Å². The molecule has 0 fully saturated rings. The molecule has 0 aliphatic heterocycles. The van der Waals surface area contributed by atoms with Crippen molar-refractivity contribution in [2.45, 2.75) is 11.5 Å². The summed E-state index contributed by atoms with van der Waals surface area (Å²) in [5, 5.41) is 10.3. The van der Waals surface area contributed by atoms with Crippen molar-refractivity contribution in [3.05, 3.63) is 29.3 Å². The molecule has 0 saturated heterocycles. The topological polar surface area (TPSA) is 49.3 Å². The van der Waals surface area contributed by atoms with Gasteiger partial charge in [0.25, 0.3) is 0 Å². The first-order valence-electron chi connectivity index (χ1n) is 4.10. The fourth-order valence-corrected chi connectivity index (χ4v) is 1.65. The van der Waals surface area contributed by atoms with Crippen molar-refractivity contribution in [1.29, 1.82) is 0 Å². The van der Waals surface area contributed by atoms with Crippen LogP contribution in [0, 0.1) is 0 Å². The quantitative estimate of drug-likeness (QED) is 0.818. The molecule has 2 N–H and O–H groups in total. The van der Waals surface area contributed by atoms with Crippen LogP contribution in [-0.2, 0) is 11.5 Å². The van der Waals surface area contributed by atoms with E-state index in [0.717, 1.165) is 6.07 Å². The lowest BCUT2D eigenvalue weighted by molar-refractivity contribution is -0.138. The number of halogens is 4. The Balaban J connectivity index is 3.16. The summed E-state index contributed by atoms with van der Waals surface area (Å²) in [4.78, 5) is 10.3. The number of anilines is 1. The van der Waals surface area contributed by atoms with Gasteiger partial charge in [-0.25, -0.2) is 4.79 Å². The molecule has 16 heavy (non-hydrogen) atoms. The third-order valence-corrected chi connectivity index (χ3v) is 2.41. The van der Waals surface area contributed by atoms with Gasteiger partial charge in [-0.3, -0.25) is 5.32 Å². The molecule has 3 nitrogen and oxygen atoms in total. The first-order valence-corrected chi connectivity index (χ1v) is 5.22. The van der Waals surface area contributed by atoms with E-state index in [1.807, 2.05) is 5.32 Å². The third kappa shape index (κ3) is 3.13. The summed E-state index contributed by atoms with van der Waals surface area (Å²) in [6.07, 6.45) is -5.90. The summed E-state index contributed by atoms with van der Waals surface area (Å²) in [6, 6.07) is 3.27. The van der Waals surface area contributed by atoms with E-state index in [1.165, 1.54) is 12.1 Å². The van der Waals surface area contributed by atoms with E-state index < -0.39 is 17.8 Å². The summed E-state index contributed by atoms with van der Waals surface area (Å²) in [6.45, 7) is 0. The molecular weight excluding hydrogens is 291 g/mol. The van der Waals surface area contributed by atoms with Gasteiger partial charge in [-0.1, -0.05) is 22.0 Å². The molecule has 88 valence electrons. The average molecular weight is 298 g/mol. The Morgan fingerprint density at radius 2 is 2.06 bits per heavy atom. The lowest BCUT2D eigenvalue weighted by Gasteiger charge is -2.12. The van der Waals surface area contributed by atoms with E-state index in [4.69, 9.17) is 5.11 Å². The molecule has 1 rings (SSSR count). The first-order chi connectivity index (χ1) is 7.34. The summed E-state index contributed by atoms with van der Waals surface area (Å²) in [5.41, 5.74) is -0.899. The number of alkyl halides is 4. The SMILES string of the molecule is O=C(O)Nc1ccc(CBr)c(C(F)(F)F)c1. The first kappa shape index (κ1) is 12.8. The van der Waals surface area contributed by atoms with Crippen LogP contribution in [-0.4, -0.2) is 11.2 Å². The van der Waals surface area contributed by atoms with Gasteiger partial charge in [0.1, 0.15) is 0 Å². The van der Waals surface area contributed by atoms with Crippen molar-refractivity contribution in [3.8, 4) is 0 Å². The van der Waals surface area contributed by atoms with Crippen LogP contribution < -0.4 is 5.32 Å². The van der Waals surface area contributed by atoms with Gasteiger partial charge in [-0.15, -0.1) is 0 Å². The standard InChI is InChI=1S/C9H7BrF3NO2/c10-4-5-1-2-6(14-8(15)16)3-7(5)9(11,12)13/h1-3,14H,4H2,(H,15,16). The summed E-state index contributed by atoms with van der Waals surface area (Å²) in [7, 11) is 0. The Kier molecular flexibility index (Phi) is 3.79. The smallest absolute Gasteiger partial charge is 0.416 e. The second kappa shape index (κ2) is 4.73. The fourth-order valence-electron chi connectivity index (χ4n) is 1.16. The van der Waals surface area contributed by atoms with Crippen LogP contribution in [0.3, 0.4) is 0 Å². The molecule has 0 unspecified atom stereocenters. The Labute approximate surface area is 97.4 Å². The van der Waals surface area contributed by atoms with E-state index in [0.29, 0.717) is 0 Å². The third-order valence-electron chi connectivity index (χ3n) is 1.81. The molecule has 7 heteroatoms. The monoisotopic (exact) mass is 297 g/mol. The lowest BCUT2D eigenvalue weighted by Crippen LogP contribution is -2.12. The molecule has 1 aromatic carbocycles. The molecule has 0 bridgehead atoms. The number of hydrogen-bond acceptors (Lipinski definition) is 1. The largest absolute Gasteiger partial charge is 0.465 e. The van der Waals surface area contributed by atoms with Crippen molar-refractivity contribution in [1.82, 2.24) is 0 Å².